The fourth-order valence-corrected chi connectivity index (χ4v) is 4.51. The van der Waals surface area contributed by atoms with Crippen LogP contribution in [0.25, 0.3) is 0 Å². The van der Waals surface area contributed by atoms with E-state index in [-0.39, 0.29) is 23.5 Å². The van der Waals surface area contributed by atoms with Gasteiger partial charge in [0, 0.05) is 11.3 Å². The summed E-state index contributed by atoms with van der Waals surface area (Å²) in [5.74, 6) is -0.0853. The normalized spacial score (nSPS) is 18.3. The molecule has 2 heterocycles. The van der Waals surface area contributed by atoms with Crippen molar-refractivity contribution in [2.24, 2.45) is 15.9 Å². The lowest BCUT2D eigenvalue weighted by Crippen LogP contribution is -2.43. The molecule has 160 valence electrons. The number of thioether (sulfide) groups is 1. The summed E-state index contributed by atoms with van der Waals surface area (Å²) in [6, 6.07) is 12.7. The highest BCUT2D eigenvalue weighted by molar-refractivity contribution is 8.15. The molecule has 0 aromatic heterocycles. The van der Waals surface area contributed by atoms with E-state index < -0.39 is 11.3 Å². The van der Waals surface area contributed by atoms with Crippen LogP contribution in [0.1, 0.15) is 32.8 Å². The third-order valence-electron chi connectivity index (χ3n) is 5.15. The molecule has 6 nitrogen and oxygen atoms in total. The summed E-state index contributed by atoms with van der Waals surface area (Å²) in [5, 5.41) is 2.78. The predicted molar refractivity (Wildman–Crippen MR) is 122 cm³/mol. The molecule has 0 unspecified atom stereocenters. The van der Waals surface area contributed by atoms with Gasteiger partial charge in [-0.3, -0.25) is 14.6 Å². The number of para-hydroxylation sites is 1. The number of hydrogen-bond acceptors (Lipinski definition) is 5. The van der Waals surface area contributed by atoms with Gasteiger partial charge in [-0.05, 0) is 48.7 Å². The molecule has 2 aromatic carbocycles. The molecule has 1 N–H and O–H groups in total. The van der Waals surface area contributed by atoms with Crippen molar-refractivity contribution >= 4 is 46.0 Å². The van der Waals surface area contributed by atoms with Crippen LogP contribution in [0.4, 0.5) is 15.8 Å². The molecule has 31 heavy (non-hydrogen) atoms. The van der Waals surface area contributed by atoms with E-state index in [1.54, 1.807) is 4.90 Å². The molecular weight excluding hydrogens is 415 g/mol. The molecule has 0 aliphatic carbocycles. The van der Waals surface area contributed by atoms with E-state index in [2.05, 4.69) is 5.32 Å². The molecule has 0 saturated carbocycles. The van der Waals surface area contributed by atoms with Gasteiger partial charge in [0.25, 0.3) is 5.91 Å². The van der Waals surface area contributed by atoms with Gasteiger partial charge >= 0.3 is 0 Å². The Kier molecular flexibility index (Phi) is 5.91. The van der Waals surface area contributed by atoms with Crippen molar-refractivity contribution in [1.29, 1.82) is 0 Å². The molecular formula is C23H23FN4O2S. The molecule has 0 bridgehead atoms. The Hall–Kier alpha value is -3.00. The van der Waals surface area contributed by atoms with Crippen LogP contribution in [0.3, 0.4) is 0 Å². The average molecular weight is 439 g/mol. The minimum absolute atomic E-state index is 0.0489. The number of halogens is 1. The fraction of sp³-hybridized carbons (Fsp3) is 0.304. The Labute approximate surface area is 184 Å². The molecule has 4 rings (SSSR count). The highest BCUT2D eigenvalue weighted by atomic mass is 32.2. The van der Waals surface area contributed by atoms with Gasteiger partial charge in [0.2, 0.25) is 5.91 Å². The molecule has 0 radical (unpaired) electrons. The number of fused-ring (bicyclic) bond motifs is 3. The second-order valence-electron chi connectivity index (χ2n) is 7.74. The van der Waals surface area contributed by atoms with Gasteiger partial charge in [-0.15, -0.1) is 0 Å². The van der Waals surface area contributed by atoms with Gasteiger partial charge in [0.05, 0.1) is 10.9 Å². The van der Waals surface area contributed by atoms with Gasteiger partial charge in [-0.1, -0.05) is 44.7 Å². The number of carbonyl (C=O) groups excluding carboxylic acids is 2. The van der Waals surface area contributed by atoms with E-state index in [0.717, 1.165) is 11.3 Å². The first-order valence-electron chi connectivity index (χ1n) is 10.2. The number of hydrogen-bond donors (Lipinski definition) is 1. The van der Waals surface area contributed by atoms with E-state index in [1.807, 2.05) is 45.0 Å². The van der Waals surface area contributed by atoms with E-state index in [9.17, 15) is 14.0 Å². The lowest BCUT2D eigenvalue weighted by molar-refractivity contribution is -0.125. The zero-order valence-electron chi connectivity index (χ0n) is 17.5. The topological polar surface area (TPSA) is 74.1 Å². The van der Waals surface area contributed by atoms with Crippen LogP contribution in [-0.2, 0) is 9.59 Å². The largest absolute Gasteiger partial charge is 0.325 e. The summed E-state index contributed by atoms with van der Waals surface area (Å²) in [6.07, 6.45) is 0.528. The van der Waals surface area contributed by atoms with Crippen LogP contribution in [0.5, 0.6) is 0 Å². The van der Waals surface area contributed by atoms with Crippen LogP contribution in [0.15, 0.2) is 58.5 Å². The van der Waals surface area contributed by atoms with E-state index >= 15 is 0 Å². The van der Waals surface area contributed by atoms with Gasteiger partial charge in [-0.25, -0.2) is 14.3 Å². The number of rotatable bonds is 5. The maximum absolute atomic E-state index is 13.1. The lowest BCUT2D eigenvalue weighted by atomic mass is 10.1. The minimum Gasteiger partial charge on any atom is -0.325 e. The van der Waals surface area contributed by atoms with Crippen LogP contribution in [-0.4, -0.2) is 39.0 Å². The average Bonchev–Trinajstić information content (AvgIpc) is 3.11. The van der Waals surface area contributed by atoms with Gasteiger partial charge in [0.15, 0.2) is 5.17 Å². The summed E-state index contributed by atoms with van der Waals surface area (Å²) in [4.78, 5) is 37.0. The number of aliphatic imine (C=N–C) groups is 2. The number of anilines is 1. The van der Waals surface area contributed by atoms with Crippen molar-refractivity contribution in [3.8, 4) is 0 Å². The SMILES string of the molecule is CC[C@H](SC1=Nc2ccccc2C2=N[C@@H](C(C)C)C(=O)N12)C(=O)Nc1ccc(F)cc1. The molecule has 2 aliphatic rings. The summed E-state index contributed by atoms with van der Waals surface area (Å²) in [5.41, 5.74) is 2.05. The number of amidine groups is 2. The Bertz CT molecular complexity index is 1080. The van der Waals surface area contributed by atoms with Crippen molar-refractivity contribution in [2.45, 2.75) is 38.5 Å². The first-order valence-corrected chi connectivity index (χ1v) is 11.1. The minimum atomic E-state index is -0.485. The van der Waals surface area contributed by atoms with E-state index in [4.69, 9.17) is 9.98 Å². The smallest absolute Gasteiger partial charge is 0.259 e. The van der Waals surface area contributed by atoms with Crippen molar-refractivity contribution in [1.82, 2.24) is 4.90 Å². The van der Waals surface area contributed by atoms with Crippen molar-refractivity contribution in [3.63, 3.8) is 0 Å². The van der Waals surface area contributed by atoms with E-state index in [0.29, 0.717) is 23.1 Å². The first kappa shape index (κ1) is 21.2. The highest BCUT2D eigenvalue weighted by Gasteiger charge is 2.43. The maximum Gasteiger partial charge on any atom is 0.259 e. The Morgan fingerprint density at radius 3 is 2.58 bits per heavy atom. The predicted octanol–water partition coefficient (Wildman–Crippen LogP) is 4.59. The van der Waals surface area contributed by atoms with Crippen LogP contribution in [0.2, 0.25) is 0 Å². The number of amides is 2. The maximum atomic E-state index is 13.1. The number of nitrogens with one attached hydrogen (secondary N) is 1. The Morgan fingerprint density at radius 2 is 1.90 bits per heavy atom. The zero-order chi connectivity index (χ0) is 22.1. The quantitative estimate of drug-likeness (QED) is 0.742. The second-order valence-corrected chi connectivity index (χ2v) is 8.91. The monoisotopic (exact) mass is 438 g/mol. The molecule has 2 amide bonds. The van der Waals surface area contributed by atoms with Gasteiger partial charge in [-0.2, -0.15) is 0 Å². The van der Waals surface area contributed by atoms with Crippen LogP contribution < -0.4 is 5.32 Å². The highest BCUT2D eigenvalue weighted by Crippen LogP contribution is 2.36. The summed E-state index contributed by atoms with van der Waals surface area (Å²) in [7, 11) is 0. The molecule has 2 aromatic rings. The Balaban J connectivity index is 1.62. The molecule has 0 saturated heterocycles. The fourth-order valence-electron chi connectivity index (χ4n) is 3.49. The van der Waals surface area contributed by atoms with Gasteiger partial charge < -0.3 is 5.32 Å². The standard InChI is InChI=1S/C23H23FN4O2S/c1-4-18(21(29)25-15-11-9-14(24)10-12-15)31-23-26-17-8-6-5-7-16(17)20-27-19(13(2)3)22(30)28(20)23/h5-13,18-19H,4H2,1-3H3,(H,25,29)/t18-,19-/m0/s1. The third kappa shape index (κ3) is 4.12. The summed E-state index contributed by atoms with van der Waals surface area (Å²) in [6.45, 7) is 5.83. The molecule has 2 aliphatic heterocycles. The molecule has 0 spiro atoms. The number of carbonyl (C=O) groups is 2. The lowest BCUT2D eigenvalue weighted by Gasteiger charge is -2.27. The third-order valence-corrected chi connectivity index (χ3v) is 6.47. The summed E-state index contributed by atoms with van der Waals surface area (Å²) < 4.78 is 13.1. The molecule has 8 heteroatoms. The van der Waals surface area contributed by atoms with Crippen molar-refractivity contribution in [2.75, 3.05) is 5.32 Å². The Morgan fingerprint density at radius 1 is 1.19 bits per heavy atom. The molecule has 2 atom stereocenters. The first-order chi connectivity index (χ1) is 14.9. The second kappa shape index (κ2) is 8.63. The van der Waals surface area contributed by atoms with Crippen molar-refractivity contribution < 1.29 is 14.0 Å². The zero-order valence-corrected chi connectivity index (χ0v) is 18.3. The van der Waals surface area contributed by atoms with Crippen molar-refractivity contribution in [3.05, 3.63) is 59.9 Å². The molecule has 0 fully saturated rings. The van der Waals surface area contributed by atoms with Gasteiger partial charge in [0.1, 0.15) is 17.7 Å². The number of benzene rings is 2. The van der Waals surface area contributed by atoms with E-state index in [1.165, 1.54) is 36.0 Å². The van der Waals surface area contributed by atoms with Crippen LogP contribution >= 0.6 is 11.8 Å². The van der Waals surface area contributed by atoms with Crippen LogP contribution in [0, 0.1) is 11.7 Å². The number of nitrogens with zero attached hydrogens (tertiary/aromatic N) is 3. The summed E-state index contributed by atoms with van der Waals surface area (Å²) >= 11 is 1.24.